The molecule has 4 rings (SSSR count). The van der Waals surface area contributed by atoms with Crippen molar-refractivity contribution in [2.24, 2.45) is 5.92 Å². The largest absolute Gasteiger partial charge is 0.337 e. The van der Waals surface area contributed by atoms with Crippen molar-refractivity contribution in [3.8, 4) is 6.07 Å². The lowest BCUT2D eigenvalue weighted by Crippen LogP contribution is -2.47. The van der Waals surface area contributed by atoms with Gasteiger partial charge in [-0.1, -0.05) is 42.1 Å². The molecule has 2 aliphatic rings. The van der Waals surface area contributed by atoms with E-state index in [9.17, 15) is 10.1 Å². The number of nitrogens with one attached hydrogen (secondary N) is 1. The molecule has 0 aliphatic heterocycles. The van der Waals surface area contributed by atoms with Gasteiger partial charge in [-0.2, -0.15) is 5.26 Å². The maximum absolute atomic E-state index is 12.4. The van der Waals surface area contributed by atoms with Crippen molar-refractivity contribution in [2.75, 3.05) is 5.75 Å². The quantitative estimate of drug-likeness (QED) is 0.711. The summed E-state index contributed by atoms with van der Waals surface area (Å²) in [6.07, 6.45) is 4.32. The molecule has 2 saturated carbocycles. The van der Waals surface area contributed by atoms with E-state index in [0.29, 0.717) is 12.5 Å². The molecule has 1 aromatic heterocycles. The molecule has 2 aromatic rings. The number of rotatable bonds is 8. The van der Waals surface area contributed by atoms with Crippen molar-refractivity contribution in [1.82, 2.24) is 20.1 Å². The average molecular weight is 382 g/mol. The highest BCUT2D eigenvalue weighted by atomic mass is 32.2. The van der Waals surface area contributed by atoms with Gasteiger partial charge in [0.05, 0.1) is 18.4 Å². The van der Waals surface area contributed by atoms with E-state index in [1.165, 1.54) is 17.3 Å². The SMILES string of the molecule is C[C@@](C#N)(NC(=O)CSc1nnc(C2CC2)n1Cc1ccccc1)C1CC1. The van der Waals surface area contributed by atoms with Gasteiger partial charge in [0.25, 0.3) is 0 Å². The van der Waals surface area contributed by atoms with E-state index in [1.807, 2.05) is 25.1 Å². The monoisotopic (exact) mass is 381 g/mol. The lowest BCUT2D eigenvalue weighted by Gasteiger charge is -2.22. The summed E-state index contributed by atoms with van der Waals surface area (Å²) >= 11 is 1.39. The minimum absolute atomic E-state index is 0.127. The lowest BCUT2D eigenvalue weighted by molar-refractivity contribution is -0.119. The minimum atomic E-state index is -0.755. The Morgan fingerprint density at radius 1 is 1.30 bits per heavy atom. The zero-order chi connectivity index (χ0) is 18.9. The molecule has 7 heteroatoms. The van der Waals surface area contributed by atoms with Gasteiger partial charge < -0.3 is 9.88 Å². The molecular formula is C20H23N5OS. The molecule has 140 valence electrons. The summed E-state index contributed by atoms with van der Waals surface area (Å²) in [6, 6.07) is 12.5. The molecule has 0 unspecified atom stereocenters. The van der Waals surface area contributed by atoms with Gasteiger partial charge >= 0.3 is 0 Å². The van der Waals surface area contributed by atoms with Crippen LogP contribution < -0.4 is 5.32 Å². The number of nitrogens with zero attached hydrogens (tertiary/aromatic N) is 4. The fourth-order valence-electron chi connectivity index (χ4n) is 3.30. The van der Waals surface area contributed by atoms with Crippen LogP contribution in [-0.2, 0) is 11.3 Å². The van der Waals surface area contributed by atoms with Gasteiger partial charge in [0.1, 0.15) is 11.4 Å². The van der Waals surface area contributed by atoms with Crippen LogP contribution in [0.2, 0.25) is 0 Å². The number of hydrogen-bond acceptors (Lipinski definition) is 5. The smallest absolute Gasteiger partial charge is 0.231 e. The standard InChI is InChI=1S/C20H23N5OS/c1-20(13-21,16-9-10-16)22-17(26)12-27-19-24-23-18(15-7-8-15)25(19)11-14-5-3-2-4-6-14/h2-6,15-16H,7-12H2,1H3,(H,22,26)/t20-/m0/s1. The molecule has 2 aliphatic carbocycles. The molecule has 1 heterocycles. The second-order valence-electron chi connectivity index (χ2n) is 7.61. The summed E-state index contributed by atoms with van der Waals surface area (Å²) in [7, 11) is 0. The lowest BCUT2D eigenvalue weighted by atomic mass is 9.98. The number of benzene rings is 1. The van der Waals surface area contributed by atoms with E-state index >= 15 is 0 Å². The Hall–Kier alpha value is -2.33. The Kier molecular flexibility index (Phi) is 4.92. The zero-order valence-corrected chi connectivity index (χ0v) is 16.2. The van der Waals surface area contributed by atoms with Crippen LogP contribution in [0.15, 0.2) is 35.5 Å². The Morgan fingerprint density at radius 2 is 2.04 bits per heavy atom. The van der Waals surface area contributed by atoms with E-state index in [2.05, 4.69) is 38.3 Å². The molecule has 1 aromatic carbocycles. The molecule has 0 radical (unpaired) electrons. The second kappa shape index (κ2) is 7.35. The third-order valence-corrected chi connectivity index (χ3v) is 6.20. The van der Waals surface area contributed by atoms with E-state index < -0.39 is 5.54 Å². The highest BCUT2D eigenvalue weighted by Crippen LogP contribution is 2.41. The van der Waals surface area contributed by atoms with E-state index in [0.717, 1.165) is 36.7 Å². The summed E-state index contributed by atoms with van der Waals surface area (Å²) < 4.78 is 2.13. The fraction of sp³-hybridized carbons (Fsp3) is 0.500. The van der Waals surface area contributed by atoms with E-state index in [-0.39, 0.29) is 17.6 Å². The molecule has 0 saturated heterocycles. The maximum Gasteiger partial charge on any atom is 0.231 e. The van der Waals surface area contributed by atoms with Crippen LogP contribution in [0.25, 0.3) is 0 Å². The molecule has 27 heavy (non-hydrogen) atoms. The minimum Gasteiger partial charge on any atom is -0.337 e. The summed E-state index contributed by atoms with van der Waals surface area (Å²) in [5.74, 6) is 1.89. The van der Waals surface area contributed by atoms with Crippen molar-refractivity contribution in [3.63, 3.8) is 0 Å². The normalized spacial score (nSPS) is 18.5. The maximum atomic E-state index is 12.4. The summed E-state index contributed by atoms with van der Waals surface area (Å²) in [5, 5.41) is 21.8. The molecule has 0 bridgehead atoms. The molecule has 2 fully saturated rings. The topological polar surface area (TPSA) is 83.6 Å². The van der Waals surface area contributed by atoms with Gasteiger partial charge in [-0.3, -0.25) is 4.79 Å². The van der Waals surface area contributed by atoms with E-state index in [4.69, 9.17) is 0 Å². The predicted octanol–water partition coefficient (Wildman–Crippen LogP) is 3.10. The van der Waals surface area contributed by atoms with Crippen molar-refractivity contribution in [1.29, 1.82) is 5.26 Å². The summed E-state index contributed by atoms with van der Waals surface area (Å²) in [4.78, 5) is 12.4. The first-order valence-electron chi connectivity index (χ1n) is 9.41. The van der Waals surface area contributed by atoms with Crippen LogP contribution in [0.4, 0.5) is 0 Å². The zero-order valence-electron chi connectivity index (χ0n) is 15.4. The van der Waals surface area contributed by atoms with Gasteiger partial charge in [0.2, 0.25) is 5.91 Å². The van der Waals surface area contributed by atoms with Gasteiger partial charge in [-0.25, -0.2) is 0 Å². The number of carbonyl (C=O) groups is 1. The van der Waals surface area contributed by atoms with Crippen molar-refractivity contribution in [3.05, 3.63) is 41.7 Å². The Bertz CT molecular complexity index is 866. The molecule has 1 atom stereocenters. The first kappa shape index (κ1) is 18.1. The van der Waals surface area contributed by atoms with Gasteiger partial charge in [0.15, 0.2) is 5.16 Å². The van der Waals surface area contributed by atoms with Crippen LogP contribution in [0.1, 0.15) is 49.9 Å². The van der Waals surface area contributed by atoms with Gasteiger partial charge in [-0.05, 0) is 44.1 Å². The van der Waals surface area contributed by atoms with E-state index in [1.54, 1.807) is 0 Å². The molecule has 1 N–H and O–H groups in total. The second-order valence-corrected chi connectivity index (χ2v) is 8.55. The third kappa shape index (κ3) is 4.16. The molecule has 0 spiro atoms. The van der Waals surface area contributed by atoms with Crippen LogP contribution >= 0.6 is 11.8 Å². The third-order valence-electron chi connectivity index (χ3n) is 5.23. The Morgan fingerprint density at radius 3 is 2.67 bits per heavy atom. The van der Waals surface area contributed by atoms with Crippen LogP contribution in [-0.4, -0.2) is 32.0 Å². The number of nitriles is 1. The molecule has 1 amide bonds. The number of hydrogen-bond donors (Lipinski definition) is 1. The van der Waals surface area contributed by atoms with Crippen LogP contribution in [0, 0.1) is 17.2 Å². The van der Waals surface area contributed by atoms with Gasteiger partial charge in [0, 0.05) is 5.92 Å². The Balaban J connectivity index is 1.44. The summed E-state index contributed by atoms with van der Waals surface area (Å²) in [5.41, 5.74) is 0.436. The number of carbonyl (C=O) groups excluding carboxylic acids is 1. The number of amides is 1. The number of thioether (sulfide) groups is 1. The highest BCUT2D eigenvalue weighted by Gasteiger charge is 2.43. The van der Waals surface area contributed by atoms with Crippen LogP contribution in [0.3, 0.4) is 0 Å². The average Bonchev–Trinajstić information content (AvgIpc) is 3.59. The van der Waals surface area contributed by atoms with Crippen molar-refractivity contribution < 1.29 is 4.79 Å². The summed E-state index contributed by atoms with van der Waals surface area (Å²) in [6.45, 7) is 2.53. The Labute approximate surface area is 163 Å². The molecule has 6 nitrogen and oxygen atoms in total. The fourth-order valence-corrected chi connectivity index (χ4v) is 4.05. The first-order valence-corrected chi connectivity index (χ1v) is 10.4. The van der Waals surface area contributed by atoms with Gasteiger partial charge in [-0.15, -0.1) is 10.2 Å². The number of aromatic nitrogens is 3. The van der Waals surface area contributed by atoms with Crippen molar-refractivity contribution in [2.45, 2.75) is 55.8 Å². The van der Waals surface area contributed by atoms with Crippen LogP contribution in [0.5, 0.6) is 0 Å². The highest BCUT2D eigenvalue weighted by molar-refractivity contribution is 7.99. The first-order chi connectivity index (χ1) is 13.1. The molecular weight excluding hydrogens is 358 g/mol. The van der Waals surface area contributed by atoms with Crippen molar-refractivity contribution >= 4 is 17.7 Å². The predicted molar refractivity (Wildman–Crippen MR) is 103 cm³/mol.